The smallest absolute Gasteiger partial charge is 0.328 e. The van der Waals surface area contributed by atoms with E-state index in [1.54, 1.807) is 0 Å². The van der Waals surface area contributed by atoms with Crippen LogP contribution in [0, 0.1) is 0 Å². The molecule has 0 rings (SSSR count). The molecule has 0 heterocycles. The van der Waals surface area contributed by atoms with Gasteiger partial charge in [0.2, 0.25) is 11.8 Å². The van der Waals surface area contributed by atoms with Gasteiger partial charge < -0.3 is 25.6 Å². The average Bonchev–Trinajstić information content (AvgIpc) is 3.14. The number of esters is 1. The molecule has 0 aliphatic heterocycles. The van der Waals surface area contributed by atoms with Crippen LogP contribution >= 0.6 is 0 Å². The molecule has 0 fully saturated rings. The lowest BCUT2D eigenvalue weighted by Crippen LogP contribution is -2.47. The number of hydrogen-bond acceptors (Lipinski definition) is 6. The highest BCUT2D eigenvalue weighted by Crippen LogP contribution is 2.19. The highest BCUT2D eigenvalue weighted by atomic mass is 16.5. The van der Waals surface area contributed by atoms with E-state index < -0.39 is 24.5 Å². The van der Waals surface area contributed by atoms with E-state index in [1.807, 2.05) is 0 Å². The summed E-state index contributed by atoms with van der Waals surface area (Å²) in [4.78, 5) is 47.4. The van der Waals surface area contributed by atoms with Crippen molar-refractivity contribution in [1.82, 2.24) is 10.6 Å². The normalized spacial score (nSPS) is 12.7. The Bertz CT molecular complexity index is 952. The summed E-state index contributed by atoms with van der Waals surface area (Å²) in [5.74, 6) is -2.30. The molecule has 0 aromatic heterocycles. The quantitative estimate of drug-likeness (QED) is 0.0278. The number of aliphatic hydroxyl groups excluding tert-OH is 1. The first kappa shape index (κ1) is 50.3. The number of carbonyl (C=O) groups is 4. The molecular weight excluding hydrogens is 668 g/mol. The van der Waals surface area contributed by atoms with Crippen LogP contribution in [0.5, 0.6) is 0 Å². The third kappa shape index (κ3) is 36.1. The molecule has 0 aliphatic rings. The van der Waals surface area contributed by atoms with Crippen molar-refractivity contribution in [2.45, 2.75) is 219 Å². The van der Waals surface area contributed by atoms with Crippen LogP contribution in [0.1, 0.15) is 206 Å². The highest BCUT2D eigenvalue weighted by molar-refractivity contribution is 5.87. The Morgan fingerprint density at radius 2 is 1.02 bits per heavy atom. The molecule has 2 atom stereocenters. The number of aliphatic hydroxyl groups is 1. The summed E-state index contributed by atoms with van der Waals surface area (Å²) < 4.78 is 6.00. The third-order valence-electron chi connectivity index (χ3n) is 9.70. The first-order chi connectivity index (χ1) is 25.8. The Labute approximate surface area is 324 Å². The van der Waals surface area contributed by atoms with Gasteiger partial charge in [0.1, 0.15) is 12.1 Å². The van der Waals surface area contributed by atoms with Crippen molar-refractivity contribution in [2.24, 2.45) is 0 Å². The SMILES string of the molecule is CCCCCC/C=C\C/C=C\CCCCCCCCCC(=O)OC(CCCCCCCCC)CCCCCCCC(=O)NCC(=O)NC(CO)C(=O)O. The number of carboxylic acids is 1. The zero-order valence-electron chi connectivity index (χ0n) is 34.0. The molecule has 0 radical (unpaired) electrons. The number of carbonyl (C=O) groups excluding carboxylic acids is 3. The van der Waals surface area contributed by atoms with Crippen molar-refractivity contribution in [3.05, 3.63) is 24.3 Å². The average molecular weight is 749 g/mol. The lowest BCUT2D eigenvalue weighted by Gasteiger charge is -2.18. The molecule has 0 aliphatic carbocycles. The molecule has 9 heteroatoms. The molecule has 0 saturated carbocycles. The minimum atomic E-state index is -1.38. The summed E-state index contributed by atoms with van der Waals surface area (Å²) in [6.45, 7) is 3.45. The fraction of sp³-hybridized carbons (Fsp3) is 0.818. The fourth-order valence-electron chi connectivity index (χ4n) is 6.33. The largest absolute Gasteiger partial charge is 0.480 e. The maximum Gasteiger partial charge on any atom is 0.328 e. The van der Waals surface area contributed by atoms with Crippen molar-refractivity contribution >= 4 is 23.8 Å². The van der Waals surface area contributed by atoms with Crippen molar-refractivity contribution in [2.75, 3.05) is 13.2 Å². The molecule has 0 bridgehead atoms. The van der Waals surface area contributed by atoms with Gasteiger partial charge in [-0.15, -0.1) is 0 Å². The fourth-order valence-corrected chi connectivity index (χ4v) is 6.33. The molecule has 0 saturated heterocycles. The van der Waals surface area contributed by atoms with Gasteiger partial charge in [0.25, 0.3) is 0 Å². The highest BCUT2D eigenvalue weighted by Gasteiger charge is 2.19. The van der Waals surface area contributed by atoms with Crippen LogP contribution < -0.4 is 10.6 Å². The van der Waals surface area contributed by atoms with Gasteiger partial charge in [-0.3, -0.25) is 14.4 Å². The molecule has 2 unspecified atom stereocenters. The summed E-state index contributed by atoms with van der Waals surface area (Å²) >= 11 is 0. The molecule has 53 heavy (non-hydrogen) atoms. The van der Waals surface area contributed by atoms with Gasteiger partial charge in [-0.1, -0.05) is 147 Å². The second kappa shape index (κ2) is 39.0. The van der Waals surface area contributed by atoms with Crippen LogP contribution in [0.4, 0.5) is 0 Å². The Kier molecular flexibility index (Phi) is 37.1. The van der Waals surface area contributed by atoms with E-state index >= 15 is 0 Å². The lowest BCUT2D eigenvalue weighted by atomic mass is 10.0. The van der Waals surface area contributed by atoms with Gasteiger partial charge in [-0.25, -0.2) is 4.79 Å². The predicted molar refractivity (Wildman–Crippen MR) is 218 cm³/mol. The third-order valence-corrected chi connectivity index (χ3v) is 9.70. The summed E-state index contributed by atoms with van der Waals surface area (Å²) in [5.41, 5.74) is 0. The number of nitrogens with one attached hydrogen (secondary N) is 2. The summed E-state index contributed by atoms with van der Waals surface area (Å²) in [6.07, 6.45) is 42.1. The number of hydrogen-bond donors (Lipinski definition) is 4. The number of ether oxygens (including phenoxy) is 1. The van der Waals surface area contributed by atoms with Gasteiger partial charge in [-0.05, 0) is 70.6 Å². The molecule has 0 aromatic rings. The second-order valence-electron chi connectivity index (χ2n) is 14.8. The molecule has 2 amide bonds. The maximum absolute atomic E-state index is 12.7. The van der Waals surface area contributed by atoms with E-state index in [-0.39, 0.29) is 24.5 Å². The number of amides is 2. The summed E-state index contributed by atoms with van der Waals surface area (Å²) in [7, 11) is 0. The van der Waals surface area contributed by atoms with Crippen molar-refractivity contribution in [1.29, 1.82) is 0 Å². The summed E-state index contributed by atoms with van der Waals surface area (Å²) in [5, 5.41) is 22.5. The summed E-state index contributed by atoms with van der Waals surface area (Å²) in [6, 6.07) is -1.38. The maximum atomic E-state index is 12.7. The van der Waals surface area contributed by atoms with Gasteiger partial charge in [0.05, 0.1) is 13.2 Å². The molecule has 4 N–H and O–H groups in total. The lowest BCUT2D eigenvalue weighted by molar-refractivity contribution is -0.150. The minimum absolute atomic E-state index is 0.0118. The minimum Gasteiger partial charge on any atom is -0.480 e. The second-order valence-corrected chi connectivity index (χ2v) is 14.8. The van der Waals surface area contributed by atoms with Crippen LogP contribution in [-0.2, 0) is 23.9 Å². The first-order valence-electron chi connectivity index (χ1n) is 21.7. The van der Waals surface area contributed by atoms with Crippen LogP contribution in [0.2, 0.25) is 0 Å². The van der Waals surface area contributed by atoms with Gasteiger partial charge in [0, 0.05) is 12.8 Å². The molecule has 9 nitrogen and oxygen atoms in total. The van der Waals surface area contributed by atoms with Crippen molar-refractivity contribution in [3.63, 3.8) is 0 Å². The van der Waals surface area contributed by atoms with Crippen molar-refractivity contribution in [3.8, 4) is 0 Å². The number of carboxylic acid groups (broad SMARTS) is 1. The van der Waals surface area contributed by atoms with E-state index in [1.165, 1.54) is 109 Å². The number of allylic oxidation sites excluding steroid dienone is 4. The number of unbranched alkanes of at least 4 members (excludes halogenated alkanes) is 21. The Balaban J connectivity index is 4.14. The first-order valence-corrected chi connectivity index (χ1v) is 21.7. The van der Waals surface area contributed by atoms with E-state index in [0.29, 0.717) is 19.3 Å². The molecule has 308 valence electrons. The van der Waals surface area contributed by atoms with E-state index in [0.717, 1.165) is 64.2 Å². The van der Waals surface area contributed by atoms with Crippen LogP contribution in [-0.4, -0.2) is 59.3 Å². The Hall–Kier alpha value is -2.68. The zero-order valence-corrected chi connectivity index (χ0v) is 34.0. The standard InChI is InChI=1S/C44H80N2O7/c1-3-5-7-9-11-12-13-14-15-16-17-18-19-20-21-23-28-32-36-43(50)53-39(33-29-25-22-10-8-6-4-2)34-30-26-24-27-31-35-41(48)45-37-42(49)46-40(38-47)44(51)52/h12-13,15-16,39-40,47H,3-11,14,17-38H2,1-2H3,(H,45,48)(H,46,49)(H,51,52)/b13-12-,16-15-. The topological polar surface area (TPSA) is 142 Å². The van der Waals surface area contributed by atoms with E-state index in [9.17, 15) is 19.2 Å². The van der Waals surface area contributed by atoms with Crippen molar-refractivity contribution < 1.29 is 34.1 Å². The Morgan fingerprint density at radius 3 is 1.53 bits per heavy atom. The Morgan fingerprint density at radius 1 is 0.566 bits per heavy atom. The monoisotopic (exact) mass is 749 g/mol. The van der Waals surface area contributed by atoms with Crippen LogP contribution in [0.3, 0.4) is 0 Å². The van der Waals surface area contributed by atoms with E-state index in [2.05, 4.69) is 48.8 Å². The number of rotatable bonds is 39. The van der Waals surface area contributed by atoms with E-state index in [4.69, 9.17) is 14.9 Å². The van der Waals surface area contributed by atoms with Crippen LogP contribution in [0.15, 0.2) is 24.3 Å². The molecule has 0 aromatic carbocycles. The zero-order chi connectivity index (χ0) is 39.0. The molecule has 0 spiro atoms. The number of aliphatic carboxylic acids is 1. The van der Waals surface area contributed by atoms with Crippen LogP contribution in [0.25, 0.3) is 0 Å². The predicted octanol–water partition coefficient (Wildman–Crippen LogP) is 10.4. The molecular formula is C44H80N2O7. The van der Waals surface area contributed by atoms with Gasteiger partial charge in [-0.2, -0.15) is 0 Å². The van der Waals surface area contributed by atoms with Gasteiger partial charge in [0.15, 0.2) is 0 Å². The van der Waals surface area contributed by atoms with Gasteiger partial charge >= 0.3 is 11.9 Å².